The number of benzene rings is 2. The average molecular weight is 352 g/mol. The molecule has 0 amide bonds. The van der Waals surface area contributed by atoms with Gasteiger partial charge in [0.1, 0.15) is 5.75 Å². The predicted molar refractivity (Wildman–Crippen MR) is 101 cm³/mol. The normalized spacial score (nSPS) is 15.4. The molecule has 4 heteroatoms. The smallest absolute Gasteiger partial charge is 0.337 e. The number of carboxylic acids is 1. The number of rotatable bonds is 3. The van der Waals surface area contributed by atoms with E-state index in [4.69, 9.17) is 4.74 Å². The van der Waals surface area contributed by atoms with Gasteiger partial charge in [-0.25, -0.2) is 4.79 Å². The van der Waals surface area contributed by atoms with Crippen molar-refractivity contribution >= 4 is 16.7 Å². The Hall–Kier alpha value is -2.51. The van der Waals surface area contributed by atoms with E-state index in [0.29, 0.717) is 22.4 Å². The fourth-order valence-corrected chi connectivity index (χ4v) is 2.95. The number of carboxylic acid groups (broad SMARTS) is 1. The molecule has 4 nitrogen and oxygen atoms in total. The van der Waals surface area contributed by atoms with Crippen molar-refractivity contribution in [1.82, 2.24) is 0 Å². The molecule has 1 aliphatic rings. The van der Waals surface area contributed by atoms with Gasteiger partial charge in [0.15, 0.2) is 6.10 Å². The van der Waals surface area contributed by atoms with Crippen molar-refractivity contribution in [2.45, 2.75) is 52.2 Å². The Balaban J connectivity index is 2.08. The van der Waals surface area contributed by atoms with Crippen LogP contribution in [0.3, 0.4) is 0 Å². The van der Waals surface area contributed by atoms with Crippen molar-refractivity contribution < 1.29 is 19.7 Å². The van der Waals surface area contributed by atoms with Crippen molar-refractivity contribution in [2.75, 3.05) is 0 Å². The van der Waals surface area contributed by atoms with Crippen molar-refractivity contribution in [3.05, 3.63) is 41.0 Å². The van der Waals surface area contributed by atoms with E-state index in [1.807, 2.05) is 18.2 Å². The molecule has 3 rings (SSSR count). The van der Waals surface area contributed by atoms with Gasteiger partial charge in [0.25, 0.3) is 0 Å². The van der Waals surface area contributed by atoms with Crippen LogP contribution >= 0.6 is 0 Å². The maximum atomic E-state index is 11.8. The summed E-state index contributed by atoms with van der Waals surface area (Å²) in [5.74, 6) is 5.76. The van der Waals surface area contributed by atoms with Gasteiger partial charge in [-0.3, -0.25) is 0 Å². The highest BCUT2D eigenvalue weighted by Crippen LogP contribution is 2.39. The summed E-state index contributed by atoms with van der Waals surface area (Å²) in [6, 6.07) is 7.47. The Bertz CT molecular complexity index is 921. The number of carbonyl (C=O) groups is 1. The molecule has 2 aromatic carbocycles. The molecule has 0 heterocycles. The van der Waals surface area contributed by atoms with Gasteiger partial charge in [-0.1, -0.05) is 17.9 Å². The number of phenols is 1. The van der Waals surface area contributed by atoms with Crippen LogP contribution < -0.4 is 0 Å². The van der Waals surface area contributed by atoms with Crippen LogP contribution in [0.4, 0.5) is 0 Å². The van der Waals surface area contributed by atoms with Crippen LogP contribution in [0.2, 0.25) is 0 Å². The second-order valence-corrected chi connectivity index (χ2v) is 7.88. The zero-order valence-electron chi connectivity index (χ0n) is 15.6. The van der Waals surface area contributed by atoms with Crippen molar-refractivity contribution in [2.24, 2.45) is 5.92 Å². The van der Waals surface area contributed by atoms with E-state index in [-0.39, 0.29) is 5.75 Å². The minimum atomic E-state index is -1.23. The highest BCUT2D eigenvalue weighted by molar-refractivity contribution is 5.93. The number of ether oxygens (including phenoxy) is 1. The van der Waals surface area contributed by atoms with E-state index in [2.05, 4.69) is 11.8 Å². The second-order valence-electron chi connectivity index (χ2n) is 7.88. The van der Waals surface area contributed by atoms with Gasteiger partial charge in [-0.2, -0.15) is 0 Å². The summed E-state index contributed by atoms with van der Waals surface area (Å²) in [6.45, 7) is 7.17. The lowest BCUT2D eigenvalue weighted by molar-refractivity contribution is -0.160. The van der Waals surface area contributed by atoms with Gasteiger partial charge in [-0.05, 0) is 69.7 Å². The Labute approximate surface area is 153 Å². The van der Waals surface area contributed by atoms with Crippen molar-refractivity contribution in [1.29, 1.82) is 0 Å². The molecule has 0 bridgehead atoms. The number of fused-ring (bicyclic) bond motifs is 1. The number of hydrogen-bond acceptors (Lipinski definition) is 3. The van der Waals surface area contributed by atoms with E-state index >= 15 is 0 Å². The summed E-state index contributed by atoms with van der Waals surface area (Å²) in [4.78, 5) is 11.8. The van der Waals surface area contributed by atoms with Crippen LogP contribution in [-0.4, -0.2) is 21.8 Å². The van der Waals surface area contributed by atoms with Crippen LogP contribution in [0.1, 0.15) is 56.4 Å². The summed E-state index contributed by atoms with van der Waals surface area (Å²) in [7, 11) is 0. The van der Waals surface area contributed by atoms with Crippen LogP contribution in [0, 0.1) is 24.7 Å². The maximum absolute atomic E-state index is 11.8. The lowest BCUT2D eigenvalue weighted by atomic mass is 9.95. The topological polar surface area (TPSA) is 66.8 Å². The zero-order valence-corrected chi connectivity index (χ0v) is 15.6. The number of aryl methyl sites for hydroxylation is 1. The van der Waals surface area contributed by atoms with E-state index in [9.17, 15) is 15.0 Å². The molecule has 1 aliphatic carbocycles. The van der Waals surface area contributed by atoms with E-state index in [0.717, 1.165) is 10.9 Å². The molecule has 1 fully saturated rings. The molecule has 0 spiro atoms. The average Bonchev–Trinajstić information content (AvgIpc) is 3.34. The van der Waals surface area contributed by atoms with Gasteiger partial charge in [-0.15, -0.1) is 0 Å². The van der Waals surface area contributed by atoms with E-state index in [1.54, 1.807) is 33.8 Å². The van der Waals surface area contributed by atoms with Gasteiger partial charge in [0.2, 0.25) is 0 Å². The third-order valence-corrected chi connectivity index (χ3v) is 4.31. The minimum absolute atomic E-state index is 0.0432. The number of hydrogen-bond donors (Lipinski definition) is 2. The second kappa shape index (κ2) is 6.66. The van der Waals surface area contributed by atoms with Crippen molar-refractivity contribution in [3.63, 3.8) is 0 Å². The Kier molecular flexibility index (Phi) is 4.68. The molecule has 0 radical (unpaired) electrons. The van der Waals surface area contributed by atoms with Gasteiger partial charge < -0.3 is 14.9 Å². The molecule has 26 heavy (non-hydrogen) atoms. The quantitative estimate of drug-likeness (QED) is 0.795. The van der Waals surface area contributed by atoms with Crippen LogP contribution in [0.25, 0.3) is 10.8 Å². The molecule has 136 valence electrons. The molecule has 1 saturated carbocycles. The first kappa shape index (κ1) is 18.3. The highest BCUT2D eigenvalue weighted by atomic mass is 16.5. The molecule has 0 aromatic heterocycles. The van der Waals surface area contributed by atoms with Gasteiger partial charge in [0.05, 0.1) is 5.60 Å². The molecular formula is C22H24O4. The molecule has 2 N–H and O–H groups in total. The van der Waals surface area contributed by atoms with E-state index < -0.39 is 17.7 Å². The zero-order chi connectivity index (χ0) is 19.1. The summed E-state index contributed by atoms with van der Waals surface area (Å²) in [5.41, 5.74) is 1.23. The standard InChI is InChI=1S/C22H24O4/c1-13-11-16-12-15(8-7-14-5-6-14)9-10-17(16)19(23)18(13)20(21(24)25)26-22(2,3)4/h9-12,14,20,23H,5-6H2,1-4H3,(H,24,25). The largest absolute Gasteiger partial charge is 0.507 e. The monoisotopic (exact) mass is 352 g/mol. The Morgan fingerprint density at radius 1 is 1.27 bits per heavy atom. The van der Waals surface area contributed by atoms with Gasteiger partial charge >= 0.3 is 5.97 Å². The predicted octanol–water partition coefficient (Wildman–Crippen LogP) is 4.56. The van der Waals surface area contributed by atoms with E-state index in [1.165, 1.54) is 12.8 Å². The lowest BCUT2D eigenvalue weighted by Crippen LogP contribution is -2.27. The minimum Gasteiger partial charge on any atom is -0.507 e. The highest BCUT2D eigenvalue weighted by Gasteiger charge is 2.31. The molecule has 0 saturated heterocycles. The molecule has 1 atom stereocenters. The third-order valence-electron chi connectivity index (χ3n) is 4.31. The Morgan fingerprint density at radius 2 is 1.96 bits per heavy atom. The SMILES string of the molecule is Cc1cc2cc(C#CC3CC3)ccc2c(O)c1C(OC(C)(C)C)C(=O)O. The molecule has 0 aliphatic heterocycles. The summed E-state index contributed by atoms with van der Waals surface area (Å²) < 4.78 is 5.71. The summed E-state index contributed by atoms with van der Waals surface area (Å²) >= 11 is 0. The number of phenolic OH excluding ortho intramolecular Hbond substituents is 1. The Morgan fingerprint density at radius 3 is 2.54 bits per heavy atom. The molecule has 2 aromatic rings. The van der Waals surface area contributed by atoms with Crippen molar-refractivity contribution in [3.8, 4) is 17.6 Å². The lowest BCUT2D eigenvalue weighted by Gasteiger charge is -2.27. The number of aromatic hydroxyl groups is 1. The summed E-state index contributed by atoms with van der Waals surface area (Å²) in [6.07, 6.45) is 1.12. The first-order valence-electron chi connectivity index (χ1n) is 8.84. The molecular weight excluding hydrogens is 328 g/mol. The van der Waals surface area contributed by atoms with Crippen LogP contribution in [-0.2, 0) is 9.53 Å². The first-order valence-corrected chi connectivity index (χ1v) is 8.84. The fraction of sp³-hybridized carbons (Fsp3) is 0.409. The maximum Gasteiger partial charge on any atom is 0.337 e. The summed E-state index contributed by atoms with van der Waals surface area (Å²) in [5, 5.41) is 21.9. The fourth-order valence-electron chi connectivity index (χ4n) is 2.95. The molecule has 1 unspecified atom stereocenters. The van der Waals surface area contributed by atoms with Gasteiger partial charge in [0, 0.05) is 22.4 Å². The van der Waals surface area contributed by atoms with Crippen LogP contribution in [0.5, 0.6) is 5.75 Å². The van der Waals surface area contributed by atoms with Crippen LogP contribution in [0.15, 0.2) is 24.3 Å². The first-order chi connectivity index (χ1) is 12.2. The number of aliphatic carboxylic acids is 1. The third kappa shape index (κ3) is 4.00.